The predicted octanol–water partition coefficient (Wildman–Crippen LogP) is 2.15. The van der Waals surface area contributed by atoms with Crippen LogP contribution in [0.5, 0.6) is 0 Å². The Hall–Kier alpha value is -2.50. The van der Waals surface area contributed by atoms with Gasteiger partial charge in [-0.05, 0) is 37.1 Å². The number of benzene rings is 1. The van der Waals surface area contributed by atoms with Crippen LogP contribution in [0.2, 0.25) is 0 Å². The second kappa shape index (κ2) is 11.5. The van der Waals surface area contributed by atoms with E-state index in [0.717, 1.165) is 43.5 Å². The van der Waals surface area contributed by atoms with Gasteiger partial charge in [-0.15, -0.1) is 0 Å². The van der Waals surface area contributed by atoms with Gasteiger partial charge in [0.2, 0.25) is 5.91 Å². The first-order valence-electron chi connectivity index (χ1n) is 13.8. The lowest BCUT2D eigenvalue weighted by molar-refractivity contribution is -0.122. The molecule has 0 spiro atoms. The molecule has 212 valence electrons. The summed E-state index contributed by atoms with van der Waals surface area (Å²) in [6.45, 7) is 11.2. The number of aliphatic hydroxyl groups is 1. The number of amides is 1. The lowest BCUT2D eigenvalue weighted by atomic mass is 9.98. The van der Waals surface area contributed by atoms with Crippen LogP contribution in [0.15, 0.2) is 30.5 Å². The highest BCUT2D eigenvalue weighted by molar-refractivity contribution is 5.97. The molecule has 8 nitrogen and oxygen atoms in total. The van der Waals surface area contributed by atoms with Crippen molar-refractivity contribution in [2.45, 2.75) is 50.7 Å². The molecule has 2 fully saturated rings. The van der Waals surface area contributed by atoms with E-state index in [9.17, 15) is 18.7 Å². The van der Waals surface area contributed by atoms with Crippen LogP contribution in [0.3, 0.4) is 0 Å². The summed E-state index contributed by atoms with van der Waals surface area (Å²) in [5.74, 6) is -1.05. The number of carbonyl (C=O) groups is 1. The Bertz CT molecular complexity index is 1200. The number of rotatable bonds is 7. The van der Waals surface area contributed by atoms with Crippen molar-refractivity contribution in [1.82, 2.24) is 20.1 Å². The molecule has 4 heterocycles. The number of nitrogens with zero attached hydrogens (tertiary/aromatic N) is 4. The topological polar surface area (TPSA) is 81.2 Å². The van der Waals surface area contributed by atoms with E-state index in [1.807, 2.05) is 17.9 Å². The van der Waals surface area contributed by atoms with E-state index < -0.39 is 17.2 Å². The zero-order valence-electron chi connectivity index (χ0n) is 23.0. The highest BCUT2D eigenvalue weighted by Gasteiger charge is 2.39. The third-order valence-electron chi connectivity index (χ3n) is 8.45. The minimum Gasteiger partial charge on any atom is -0.394 e. The molecule has 0 bridgehead atoms. The van der Waals surface area contributed by atoms with Crippen LogP contribution in [-0.4, -0.2) is 103 Å². The van der Waals surface area contributed by atoms with Crippen molar-refractivity contribution in [2.75, 3.05) is 64.0 Å². The molecular formula is C29H39F2N5O3. The van der Waals surface area contributed by atoms with Gasteiger partial charge in [0.1, 0.15) is 11.6 Å². The smallest absolute Gasteiger partial charge is 0.241 e. The SMILES string of the molecule is CC1CN(CC(=O)N2CC(C)c3cnc(Cc4ccc(F)cc4F)cc32)C(CN2CCOCC2(C)CO)CN1. The summed E-state index contributed by atoms with van der Waals surface area (Å²) in [6.07, 6.45) is 2.00. The molecule has 1 aromatic heterocycles. The largest absolute Gasteiger partial charge is 0.394 e. The molecule has 2 aromatic rings. The van der Waals surface area contributed by atoms with E-state index in [1.165, 1.54) is 12.1 Å². The number of ether oxygens (including phenoxy) is 1. The number of carbonyl (C=O) groups excluding carboxylic acids is 1. The fourth-order valence-electron chi connectivity index (χ4n) is 5.98. The Labute approximate surface area is 228 Å². The summed E-state index contributed by atoms with van der Waals surface area (Å²) in [5.41, 5.74) is 2.39. The van der Waals surface area contributed by atoms with Gasteiger partial charge < -0.3 is 20.1 Å². The quantitative estimate of drug-likeness (QED) is 0.554. The van der Waals surface area contributed by atoms with Crippen molar-refractivity contribution in [3.05, 3.63) is 58.9 Å². The predicted molar refractivity (Wildman–Crippen MR) is 145 cm³/mol. The van der Waals surface area contributed by atoms with Crippen LogP contribution < -0.4 is 10.2 Å². The number of morpholine rings is 1. The molecule has 0 saturated carbocycles. The fourth-order valence-corrected chi connectivity index (χ4v) is 5.98. The van der Waals surface area contributed by atoms with Gasteiger partial charge >= 0.3 is 0 Å². The van der Waals surface area contributed by atoms with Crippen molar-refractivity contribution in [3.63, 3.8) is 0 Å². The molecule has 10 heteroatoms. The summed E-state index contributed by atoms with van der Waals surface area (Å²) >= 11 is 0. The molecule has 1 amide bonds. The first-order valence-corrected chi connectivity index (χ1v) is 13.8. The molecule has 39 heavy (non-hydrogen) atoms. The zero-order valence-corrected chi connectivity index (χ0v) is 23.0. The number of anilines is 1. The highest BCUT2D eigenvalue weighted by atomic mass is 19.1. The van der Waals surface area contributed by atoms with Crippen LogP contribution in [0.1, 0.15) is 43.5 Å². The van der Waals surface area contributed by atoms with Crippen molar-refractivity contribution in [1.29, 1.82) is 0 Å². The Morgan fingerprint density at radius 1 is 1.26 bits per heavy atom. The Morgan fingerprint density at radius 2 is 2.08 bits per heavy atom. The Morgan fingerprint density at radius 3 is 2.85 bits per heavy atom. The second-order valence-electron chi connectivity index (χ2n) is 11.6. The number of pyridine rings is 1. The van der Waals surface area contributed by atoms with Gasteiger partial charge in [-0.3, -0.25) is 19.6 Å². The molecule has 4 unspecified atom stereocenters. The van der Waals surface area contributed by atoms with E-state index >= 15 is 0 Å². The second-order valence-corrected chi connectivity index (χ2v) is 11.6. The minimum atomic E-state index is -0.612. The van der Waals surface area contributed by atoms with Gasteiger partial charge in [0.15, 0.2) is 0 Å². The molecular weight excluding hydrogens is 504 g/mol. The maximum Gasteiger partial charge on any atom is 0.241 e. The lowest BCUT2D eigenvalue weighted by Gasteiger charge is -2.48. The van der Waals surface area contributed by atoms with Crippen molar-refractivity contribution < 1.29 is 23.4 Å². The summed E-state index contributed by atoms with van der Waals surface area (Å²) in [7, 11) is 0. The number of aromatic nitrogens is 1. The van der Waals surface area contributed by atoms with E-state index in [2.05, 4.69) is 33.9 Å². The summed E-state index contributed by atoms with van der Waals surface area (Å²) in [6, 6.07) is 5.81. The van der Waals surface area contributed by atoms with Gasteiger partial charge in [0.05, 0.1) is 37.6 Å². The molecule has 5 rings (SSSR count). The van der Waals surface area contributed by atoms with E-state index in [4.69, 9.17) is 4.74 Å². The van der Waals surface area contributed by atoms with E-state index in [1.54, 1.807) is 6.20 Å². The summed E-state index contributed by atoms with van der Waals surface area (Å²) in [4.78, 5) is 24.7. The van der Waals surface area contributed by atoms with Crippen LogP contribution in [0.25, 0.3) is 0 Å². The first-order chi connectivity index (χ1) is 18.7. The maximum absolute atomic E-state index is 14.3. The number of fused-ring (bicyclic) bond motifs is 1. The lowest BCUT2D eigenvalue weighted by Crippen LogP contribution is -2.65. The van der Waals surface area contributed by atoms with Gasteiger partial charge in [-0.1, -0.05) is 13.0 Å². The van der Waals surface area contributed by atoms with Crippen LogP contribution in [-0.2, 0) is 16.0 Å². The highest BCUT2D eigenvalue weighted by Crippen LogP contribution is 2.36. The average Bonchev–Trinajstić information content (AvgIpc) is 3.24. The number of nitrogens with one attached hydrogen (secondary N) is 1. The van der Waals surface area contributed by atoms with E-state index in [-0.39, 0.29) is 43.5 Å². The van der Waals surface area contributed by atoms with Crippen LogP contribution in [0.4, 0.5) is 14.5 Å². The molecule has 0 radical (unpaired) electrons. The number of hydrogen-bond acceptors (Lipinski definition) is 7. The molecule has 0 aliphatic carbocycles. The number of aliphatic hydroxyl groups excluding tert-OH is 1. The number of halogens is 2. The van der Waals surface area contributed by atoms with Gasteiger partial charge in [0.25, 0.3) is 0 Å². The molecule has 2 N–H and O–H groups in total. The Balaban J connectivity index is 1.32. The molecule has 2 saturated heterocycles. The minimum absolute atomic E-state index is 0.0170. The summed E-state index contributed by atoms with van der Waals surface area (Å²) < 4.78 is 33.3. The van der Waals surface area contributed by atoms with Crippen LogP contribution >= 0.6 is 0 Å². The zero-order chi connectivity index (χ0) is 27.7. The van der Waals surface area contributed by atoms with Crippen LogP contribution in [0, 0.1) is 11.6 Å². The molecule has 4 atom stereocenters. The molecule has 3 aliphatic heterocycles. The normalized spacial score (nSPS) is 28.1. The van der Waals surface area contributed by atoms with E-state index in [0.29, 0.717) is 31.0 Å². The number of piperazine rings is 1. The standard InChI is InChI=1S/C29H39F2N5O3/c1-19-13-36(27-10-23(33-12-25(19)27)8-21-4-5-22(30)9-26(21)31)28(38)16-34-14-20(2)32-11-24(34)15-35-6-7-39-18-29(35,3)17-37/h4-5,9-10,12,19-20,24,32,37H,6-8,11,13-18H2,1-3H3. The maximum atomic E-state index is 14.3. The molecule has 3 aliphatic rings. The van der Waals surface area contributed by atoms with Gasteiger partial charge in [0, 0.05) is 75.1 Å². The number of hydrogen-bond donors (Lipinski definition) is 2. The van der Waals surface area contributed by atoms with Gasteiger partial charge in [-0.2, -0.15) is 0 Å². The average molecular weight is 544 g/mol. The first kappa shape index (κ1) is 28.0. The third-order valence-corrected chi connectivity index (χ3v) is 8.45. The molecule has 1 aromatic carbocycles. The third kappa shape index (κ3) is 6.00. The monoisotopic (exact) mass is 543 g/mol. The van der Waals surface area contributed by atoms with Gasteiger partial charge in [-0.25, -0.2) is 8.78 Å². The summed E-state index contributed by atoms with van der Waals surface area (Å²) in [5, 5.41) is 13.6. The van der Waals surface area contributed by atoms with Crippen molar-refractivity contribution in [3.8, 4) is 0 Å². The fraction of sp³-hybridized carbons (Fsp3) is 0.586. The van der Waals surface area contributed by atoms with Crippen molar-refractivity contribution >= 4 is 11.6 Å². The van der Waals surface area contributed by atoms with Crippen molar-refractivity contribution in [2.24, 2.45) is 0 Å². The Kier molecular flexibility index (Phi) is 8.30.